The van der Waals surface area contributed by atoms with Crippen LogP contribution in [0.1, 0.15) is 6.92 Å². The smallest absolute Gasteiger partial charge is 0.142 e. The van der Waals surface area contributed by atoms with Crippen molar-refractivity contribution >= 4 is 24.2 Å². The predicted octanol–water partition coefficient (Wildman–Crippen LogP) is 1.86. The Morgan fingerprint density at radius 3 is 2.78 bits per heavy atom. The summed E-state index contributed by atoms with van der Waals surface area (Å²) in [6, 6.07) is 0. The molecule has 0 saturated carbocycles. The number of allylic oxidation sites excluding steroid dienone is 1. The van der Waals surface area contributed by atoms with E-state index >= 15 is 0 Å². The van der Waals surface area contributed by atoms with Gasteiger partial charge < -0.3 is 0 Å². The molecule has 0 aromatic heterocycles. The Labute approximate surface area is 60.0 Å². The summed E-state index contributed by atoms with van der Waals surface area (Å²) >= 11 is 5.40. The van der Waals surface area contributed by atoms with Gasteiger partial charge in [0.15, 0.2) is 0 Å². The molecule has 0 heterocycles. The van der Waals surface area contributed by atoms with Crippen LogP contribution in [-0.4, -0.2) is 18.4 Å². The van der Waals surface area contributed by atoms with E-state index in [0.29, 0.717) is 11.7 Å². The molecule has 0 aliphatic heterocycles. The van der Waals surface area contributed by atoms with Crippen molar-refractivity contribution in [3.05, 3.63) is 12.3 Å². The highest BCUT2D eigenvalue weighted by molar-refractivity contribution is 6.28. The van der Waals surface area contributed by atoms with Crippen LogP contribution in [0.4, 0.5) is 0 Å². The quantitative estimate of drug-likeness (QED) is 0.321. The Kier molecular flexibility index (Phi) is 5.12. The third-order valence-electron chi connectivity index (χ3n) is 0.675. The minimum atomic E-state index is 0.313. The number of aliphatic imine (C=N–C) groups is 2. The van der Waals surface area contributed by atoms with Gasteiger partial charge in [0.1, 0.15) is 5.84 Å². The van der Waals surface area contributed by atoms with Crippen LogP contribution in [0.5, 0.6) is 0 Å². The van der Waals surface area contributed by atoms with E-state index in [1.807, 2.05) is 6.92 Å². The first-order valence-electron chi connectivity index (χ1n) is 2.55. The van der Waals surface area contributed by atoms with Gasteiger partial charge in [0.2, 0.25) is 0 Å². The van der Waals surface area contributed by atoms with Gasteiger partial charge in [-0.15, -0.1) is 11.6 Å². The molecule has 0 amide bonds. The van der Waals surface area contributed by atoms with Crippen LogP contribution < -0.4 is 0 Å². The van der Waals surface area contributed by atoms with E-state index in [1.165, 1.54) is 0 Å². The summed E-state index contributed by atoms with van der Waals surface area (Å²) in [6.07, 6.45) is 3.43. The number of rotatable bonds is 2. The first-order valence-corrected chi connectivity index (χ1v) is 3.09. The van der Waals surface area contributed by atoms with Crippen molar-refractivity contribution in [1.82, 2.24) is 0 Å². The third-order valence-corrected chi connectivity index (χ3v) is 0.914. The van der Waals surface area contributed by atoms with Crippen LogP contribution in [0.2, 0.25) is 0 Å². The molecule has 0 unspecified atom stereocenters. The molecule has 0 fully saturated rings. The van der Waals surface area contributed by atoms with Crippen molar-refractivity contribution in [3.63, 3.8) is 0 Å². The van der Waals surface area contributed by atoms with E-state index in [4.69, 9.17) is 11.6 Å². The lowest BCUT2D eigenvalue weighted by Gasteiger charge is -1.86. The summed E-state index contributed by atoms with van der Waals surface area (Å²) in [6.45, 7) is 5.16. The Hall–Kier alpha value is -0.630. The van der Waals surface area contributed by atoms with Gasteiger partial charge in [-0.2, -0.15) is 0 Å². The molecule has 0 aromatic carbocycles. The molecule has 0 saturated heterocycles. The highest BCUT2D eigenvalue weighted by Gasteiger charge is 1.85. The zero-order valence-electron chi connectivity index (χ0n) is 5.34. The summed E-state index contributed by atoms with van der Waals surface area (Å²) in [7, 11) is 0. The number of amidine groups is 1. The number of hydrogen-bond acceptors (Lipinski definition) is 1. The largest absolute Gasteiger partial charge is 0.248 e. The Morgan fingerprint density at radius 2 is 2.44 bits per heavy atom. The molecule has 2 nitrogen and oxygen atoms in total. The van der Waals surface area contributed by atoms with Crippen molar-refractivity contribution in [1.29, 1.82) is 0 Å². The van der Waals surface area contributed by atoms with E-state index in [-0.39, 0.29) is 0 Å². The second-order valence-corrected chi connectivity index (χ2v) is 1.59. The number of alkyl halides is 1. The minimum Gasteiger partial charge on any atom is -0.248 e. The fourth-order valence-electron chi connectivity index (χ4n) is 0.278. The second kappa shape index (κ2) is 5.51. The van der Waals surface area contributed by atoms with Crippen LogP contribution in [-0.2, 0) is 0 Å². The number of nitrogens with zero attached hydrogens (tertiary/aromatic N) is 2. The topological polar surface area (TPSA) is 24.7 Å². The fourth-order valence-corrected chi connectivity index (χ4v) is 0.432. The van der Waals surface area contributed by atoms with Crippen LogP contribution in [0, 0.1) is 0 Å². The van der Waals surface area contributed by atoms with E-state index in [2.05, 4.69) is 16.7 Å². The monoisotopic (exact) mass is 144 g/mol. The van der Waals surface area contributed by atoms with Gasteiger partial charge in [0, 0.05) is 6.20 Å². The van der Waals surface area contributed by atoms with E-state index in [1.54, 1.807) is 12.3 Å². The third kappa shape index (κ3) is 3.91. The molecule has 0 aromatic rings. The Balaban J connectivity index is 3.90. The van der Waals surface area contributed by atoms with Gasteiger partial charge in [-0.25, -0.2) is 9.98 Å². The van der Waals surface area contributed by atoms with Crippen LogP contribution in [0.15, 0.2) is 22.3 Å². The van der Waals surface area contributed by atoms with Crippen molar-refractivity contribution < 1.29 is 0 Å². The van der Waals surface area contributed by atoms with E-state index < -0.39 is 0 Å². The van der Waals surface area contributed by atoms with E-state index in [0.717, 1.165) is 0 Å². The van der Waals surface area contributed by atoms with Crippen molar-refractivity contribution in [2.75, 3.05) is 5.88 Å². The maximum Gasteiger partial charge on any atom is 0.142 e. The maximum atomic E-state index is 5.40. The first kappa shape index (κ1) is 8.37. The van der Waals surface area contributed by atoms with Crippen LogP contribution in [0.25, 0.3) is 0 Å². The molecule has 0 rings (SSSR count). The average molecular weight is 145 g/mol. The summed E-state index contributed by atoms with van der Waals surface area (Å²) in [5.41, 5.74) is 0. The van der Waals surface area contributed by atoms with Crippen LogP contribution in [0.3, 0.4) is 0 Å². The van der Waals surface area contributed by atoms with Gasteiger partial charge in [0.25, 0.3) is 0 Å². The summed E-state index contributed by atoms with van der Waals surface area (Å²) in [5.74, 6) is 0.864. The van der Waals surface area contributed by atoms with Gasteiger partial charge in [-0.3, -0.25) is 0 Å². The molecule has 50 valence electrons. The number of halogens is 1. The molecule has 0 atom stereocenters. The molecule has 3 heteroatoms. The van der Waals surface area contributed by atoms with Gasteiger partial charge in [-0.05, 0) is 13.6 Å². The minimum absolute atomic E-state index is 0.313. The van der Waals surface area contributed by atoms with Crippen molar-refractivity contribution in [2.45, 2.75) is 6.92 Å². The summed E-state index contributed by atoms with van der Waals surface area (Å²) in [5, 5.41) is 0. The molecule has 9 heavy (non-hydrogen) atoms. The number of hydrogen-bond donors (Lipinski definition) is 0. The second-order valence-electron chi connectivity index (χ2n) is 1.32. The van der Waals surface area contributed by atoms with Gasteiger partial charge in [0.05, 0.1) is 5.88 Å². The van der Waals surface area contributed by atoms with Gasteiger partial charge >= 0.3 is 0 Å². The highest BCUT2D eigenvalue weighted by atomic mass is 35.5. The van der Waals surface area contributed by atoms with Crippen molar-refractivity contribution in [2.24, 2.45) is 9.98 Å². The summed E-state index contributed by atoms with van der Waals surface area (Å²) in [4.78, 5) is 7.42. The first-order chi connectivity index (χ1) is 4.35. The Morgan fingerprint density at radius 1 is 1.78 bits per heavy atom. The zero-order valence-corrected chi connectivity index (χ0v) is 6.10. The standard InChI is InChI=1S/C6H9ClN2/c1-3-4-9-6(5-7)8-2/h3-4H,2,5H2,1H3/b4-3-,9-6-. The molecular formula is C6H9ClN2. The zero-order chi connectivity index (χ0) is 7.11. The fraction of sp³-hybridized carbons (Fsp3) is 0.333. The molecule has 0 bridgehead atoms. The lowest BCUT2D eigenvalue weighted by molar-refractivity contribution is 1.45. The molecule has 0 N–H and O–H groups in total. The summed E-state index contributed by atoms with van der Waals surface area (Å²) < 4.78 is 0. The normalized spacial score (nSPS) is 12.4. The van der Waals surface area contributed by atoms with E-state index in [9.17, 15) is 0 Å². The molecule has 0 spiro atoms. The molecule has 0 aliphatic rings. The average Bonchev–Trinajstić information content (AvgIpc) is 1.91. The maximum absolute atomic E-state index is 5.40. The molecular weight excluding hydrogens is 136 g/mol. The lowest BCUT2D eigenvalue weighted by Crippen LogP contribution is -1.91. The van der Waals surface area contributed by atoms with Gasteiger partial charge in [-0.1, -0.05) is 6.08 Å². The predicted molar refractivity (Wildman–Crippen MR) is 42.5 cm³/mol. The van der Waals surface area contributed by atoms with Crippen LogP contribution >= 0.6 is 11.6 Å². The lowest BCUT2D eigenvalue weighted by atomic mass is 10.6. The van der Waals surface area contributed by atoms with Crippen molar-refractivity contribution in [3.8, 4) is 0 Å². The Bertz CT molecular complexity index is 138. The SMILES string of the molecule is C=N/C(CCl)=N\C=C/C. The molecule has 0 aliphatic carbocycles. The highest BCUT2D eigenvalue weighted by Crippen LogP contribution is 1.85. The molecule has 0 radical (unpaired) electrons.